The third-order valence-electron chi connectivity index (χ3n) is 3.79. The van der Waals surface area contributed by atoms with Crippen LogP contribution in [0.5, 0.6) is 0 Å². The molecule has 20 heavy (non-hydrogen) atoms. The summed E-state index contributed by atoms with van der Waals surface area (Å²) >= 11 is 0. The first-order valence-electron chi connectivity index (χ1n) is 7.21. The number of hydrogen-bond acceptors (Lipinski definition) is 3. The van der Waals surface area contributed by atoms with Crippen LogP contribution in [-0.2, 0) is 6.42 Å². The van der Waals surface area contributed by atoms with E-state index in [2.05, 4.69) is 48.1 Å². The van der Waals surface area contributed by atoms with Crippen molar-refractivity contribution < 1.29 is 0 Å². The molecule has 1 unspecified atom stereocenters. The highest BCUT2D eigenvalue weighted by Gasteiger charge is 2.14. The monoisotopic (exact) mass is 269 g/mol. The van der Waals surface area contributed by atoms with Gasteiger partial charge in [0.25, 0.3) is 0 Å². The summed E-state index contributed by atoms with van der Waals surface area (Å²) in [6.07, 6.45) is 1.05. The van der Waals surface area contributed by atoms with Crippen LogP contribution in [0.1, 0.15) is 42.3 Å². The molecule has 0 aliphatic rings. The summed E-state index contributed by atoms with van der Waals surface area (Å²) in [7, 11) is 0. The summed E-state index contributed by atoms with van der Waals surface area (Å²) < 4.78 is 0. The summed E-state index contributed by atoms with van der Waals surface area (Å²) in [5.74, 6) is 1.10. The van der Waals surface area contributed by atoms with E-state index in [1.165, 1.54) is 11.1 Å². The van der Waals surface area contributed by atoms with Crippen LogP contribution in [0.3, 0.4) is 0 Å². The second-order valence-electron chi connectivity index (χ2n) is 5.32. The Balaban J connectivity index is 2.43. The maximum Gasteiger partial charge on any atom is 0.159 e. The maximum absolute atomic E-state index is 5.77. The van der Waals surface area contributed by atoms with Crippen molar-refractivity contribution in [1.29, 1.82) is 0 Å². The molecule has 1 atom stereocenters. The van der Waals surface area contributed by atoms with Gasteiger partial charge in [0.05, 0.1) is 0 Å². The molecular formula is C17H23N3. The van der Waals surface area contributed by atoms with Crippen LogP contribution in [0.4, 0.5) is 0 Å². The molecule has 1 aromatic carbocycles. The van der Waals surface area contributed by atoms with Crippen molar-refractivity contribution in [2.75, 3.05) is 6.54 Å². The van der Waals surface area contributed by atoms with Gasteiger partial charge >= 0.3 is 0 Å². The molecule has 106 valence electrons. The van der Waals surface area contributed by atoms with Crippen LogP contribution >= 0.6 is 0 Å². The van der Waals surface area contributed by atoms with E-state index >= 15 is 0 Å². The number of hydrogen-bond donors (Lipinski definition) is 1. The number of nitrogens with zero attached hydrogens (tertiary/aromatic N) is 2. The molecule has 3 heteroatoms. The van der Waals surface area contributed by atoms with E-state index in [0.29, 0.717) is 12.5 Å². The lowest BCUT2D eigenvalue weighted by Gasteiger charge is -2.15. The highest BCUT2D eigenvalue weighted by Crippen LogP contribution is 2.24. The van der Waals surface area contributed by atoms with Gasteiger partial charge in [-0.05, 0) is 43.9 Å². The van der Waals surface area contributed by atoms with Gasteiger partial charge < -0.3 is 5.73 Å². The van der Waals surface area contributed by atoms with E-state index in [0.717, 1.165) is 29.2 Å². The van der Waals surface area contributed by atoms with Crippen molar-refractivity contribution >= 4 is 0 Å². The lowest BCUT2D eigenvalue weighted by atomic mass is 9.98. The van der Waals surface area contributed by atoms with Gasteiger partial charge in [0, 0.05) is 17.0 Å². The lowest BCUT2D eigenvalue weighted by molar-refractivity contribution is 0.744. The Hall–Kier alpha value is -1.74. The Labute approximate surface area is 121 Å². The molecule has 2 N–H and O–H groups in total. The molecule has 0 bridgehead atoms. The molecule has 1 aromatic heterocycles. The first-order chi connectivity index (χ1) is 9.56. The molecule has 0 fully saturated rings. The number of rotatable bonds is 4. The molecule has 0 aliphatic carbocycles. The molecule has 1 heterocycles. The topological polar surface area (TPSA) is 51.8 Å². The molecule has 0 aliphatic heterocycles. The van der Waals surface area contributed by atoms with Gasteiger partial charge in [-0.3, -0.25) is 0 Å². The fraction of sp³-hybridized carbons (Fsp3) is 0.412. The first kappa shape index (κ1) is 14.7. The molecule has 0 spiro atoms. The van der Waals surface area contributed by atoms with Crippen molar-refractivity contribution in [2.45, 2.75) is 40.0 Å². The van der Waals surface area contributed by atoms with Crippen LogP contribution in [0.2, 0.25) is 0 Å². The van der Waals surface area contributed by atoms with Gasteiger partial charge in [0.1, 0.15) is 0 Å². The van der Waals surface area contributed by atoms with E-state index in [4.69, 9.17) is 5.73 Å². The Kier molecular flexibility index (Phi) is 4.50. The Morgan fingerprint density at radius 3 is 2.05 bits per heavy atom. The zero-order valence-corrected chi connectivity index (χ0v) is 12.8. The van der Waals surface area contributed by atoms with E-state index in [-0.39, 0.29) is 0 Å². The van der Waals surface area contributed by atoms with Crippen molar-refractivity contribution in [1.82, 2.24) is 9.97 Å². The Morgan fingerprint density at radius 2 is 1.60 bits per heavy atom. The van der Waals surface area contributed by atoms with Gasteiger partial charge in [0.2, 0.25) is 0 Å². The zero-order valence-electron chi connectivity index (χ0n) is 12.8. The Bertz CT molecular complexity index is 565. The van der Waals surface area contributed by atoms with Crippen LogP contribution in [-0.4, -0.2) is 16.5 Å². The van der Waals surface area contributed by atoms with Crippen molar-refractivity contribution in [2.24, 2.45) is 5.73 Å². The van der Waals surface area contributed by atoms with Crippen LogP contribution in [0.25, 0.3) is 11.4 Å². The highest BCUT2D eigenvalue weighted by atomic mass is 14.9. The van der Waals surface area contributed by atoms with Gasteiger partial charge in [-0.15, -0.1) is 0 Å². The molecule has 0 amide bonds. The minimum absolute atomic E-state index is 0.298. The summed E-state index contributed by atoms with van der Waals surface area (Å²) in [6.45, 7) is 8.98. The standard InChI is InChI=1S/C17H23N3/c1-5-14-6-8-15(9-7-14)17-19-12(3)16(11(2)10-18)13(4)20-17/h6-9,11H,5,10,18H2,1-4H3. The average Bonchev–Trinajstić information content (AvgIpc) is 2.46. The largest absolute Gasteiger partial charge is 0.330 e. The van der Waals surface area contributed by atoms with Crippen molar-refractivity contribution in [3.8, 4) is 11.4 Å². The van der Waals surface area contributed by atoms with E-state index in [9.17, 15) is 0 Å². The molecule has 0 saturated carbocycles. The second-order valence-corrected chi connectivity index (χ2v) is 5.32. The van der Waals surface area contributed by atoms with Crippen LogP contribution in [0.15, 0.2) is 24.3 Å². The molecule has 0 radical (unpaired) electrons. The van der Waals surface area contributed by atoms with Gasteiger partial charge in [-0.2, -0.15) is 0 Å². The maximum atomic E-state index is 5.77. The van der Waals surface area contributed by atoms with E-state index in [1.807, 2.05) is 13.8 Å². The van der Waals surface area contributed by atoms with Gasteiger partial charge in [-0.1, -0.05) is 38.1 Å². The van der Waals surface area contributed by atoms with Gasteiger partial charge in [-0.25, -0.2) is 9.97 Å². The third kappa shape index (κ3) is 2.88. The minimum Gasteiger partial charge on any atom is -0.330 e. The second kappa shape index (κ2) is 6.14. The average molecular weight is 269 g/mol. The first-order valence-corrected chi connectivity index (χ1v) is 7.21. The molecular weight excluding hydrogens is 246 g/mol. The summed E-state index contributed by atoms with van der Waals surface area (Å²) in [4.78, 5) is 9.32. The molecule has 0 saturated heterocycles. The number of aryl methyl sites for hydroxylation is 3. The molecule has 3 nitrogen and oxygen atoms in total. The smallest absolute Gasteiger partial charge is 0.159 e. The summed E-state index contributed by atoms with van der Waals surface area (Å²) in [6, 6.07) is 8.47. The fourth-order valence-corrected chi connectivity index (χ4v) is 2.57. The quantitative estimate of drug-likeness (QED) is 0.925. The minimum atomic E-state index is 0.298. The highest BCUT2D eigenvalue weighted by molar-refractivity contribution is 5.56. The van der Waals surface area contributed by atoms with Crippen molar-refractivity contribution in [3.05, 3.63) is 46.8 Å². The normalized spacial score (nSPS) is 12.4. The molecule has 2 rings (SSSR count). The number of nitrogens with two attached hydrogens (primary N) is 1. The Morgan fingerprint density at radius 1 is 1.05 bits per heavy atom. The van der Waals surface area contributed by atoms with Gasteiger partial charge in [0.15, 0.2) is 5.82 Å². The van der Waals surface area contributed by atoms with Crippen LogP contribution < -0.4 is 5.73 Å². The SMILES string of the molecule is CCc1ccc(-c2nc(C)c(C(C)CN)c(C)n2)cc1. The fourth-order valence-electron chi connectivity index (χ4n) is 2.57. The van der Waals surface area contributed by atoms with E-state index < -0.39 is 0 Å². The zero-order chi connectivity index (χ0) is 14.7. The summed E-state index contributed by atoms with van der Waals surface area (Å²) in [5.41, 5.74) is 11.4. The predicted octanol–water partition coefficient (Wildman–Crippen LogP) is 3.39. The molecule has 2 aromatic rings. The van der Waals surface area contributed by atoms with Crippen LogP contribution in [0, 0.1) is 13.8 Å². The third-order valence-corrected chi connectivity index (χ3v) is 3.79. The van der Waals surface area contributed by atoms with Crippen molar-refractivity contribution in [3.63, 3.8) is 0 Å². The van der Waals surface area contributed by atoms with E-state index in [1.54, 1.807) is 0 Å². The predicted molar refractivity (Wildman–Crippen MR) is 83.8 cm³/mol. The summed E-state index contributed by atoms with van der Waals surface area (Å²) in [5, 5.41) is 0. The number of aromatic nitrogens is 2. The lowest BCUT2D eigenvalue weighted by Crippen LogP contribution is -2.14. The number of benzene rings is 1.